The van der Waals surface area contributed by atoms with E-state index in [1.54, 1.807) is 12.1 Å². The highest BCUT2D eigenvalue weighted by Gasteiger charge is 2.19. The summed E-state index contributed by atoms with van der Waals surface area (Å²) in [4.78, 5) is 14.0. The minimum Gasteiger partial charge on any atom is -0.330 e. The lowest BCUT2D eigenvalue weighted by molar-refractivity contribution is -0.117. The zero-order valence-electron chi connectivity index (χ0n) is 10.9. The van der Waals surface area contributed by atoms with Gasteiger partial charge in [-0.05, 0) is 62.7 Å². The first-order valence-corrected chi connectivity index (χ1v) is 6.65. The van der Waals surface area contributed by atoms with Crippen molar-refractivity contribution in [3.63, 3.8) is 0 Å². The molecule has 104 valence electrons. The Balaban J connectivity index is 1.77. The average Bonchev–Trinajstić information content (AvgIpc) is 2.42. The third-order valence-electron chi connectivity index (χ3n) is 3.54. The van der Waals surface area contributed by atoms with Crippen LogP contribution in [0, 0.1) is 11.7 Å². The number of likely N-dealkylation sites (tertiary alicyclic amines) is 1. The Morgan fingerprint density at radius 1 is 1.32 bits per heavy atom. The fraction of sp³-hybridized carbons (Fsp3) is 0.500. The van der Waals surface area contributed by atoms with Gasteiger partial charge in [0.05, 0.1) is 6.54 Å². The Labute approximate surface area is 112 Å². The molecule has 1 amide bonds. The molecule has 1 saturated heterocycles. The van der Waals surface area contributed by atoms with E-state index in [9.17, 15) is 9.18 Å². The lowest BCUT2D eigenvalue weighted by atomic mass is 9.97. The molecular weight excluding hydrogens is 245 g/mol. The molecule has 1 aliphatic rings. The summed E-state index contributed by atoms with van der Waals surface area (Å²) < 4.78 is 12.7. The van der Waals surface area contributed by atoms with Crippen molar-refractivity contribution in [1.82, 2.24) is 4.90 Å². The fourth-order valence-electron chi connectivity index (χ4n) is 2.32. The first-order valence-electron chi connectivity index (χ1n) is 6.65. The van der Waals surface area contributed by atoms with Gasteiger partial charge in [-0.1, -0.05) is 0 Å². The molecule has 0 bridgehead atoms. The van der Waals surface area contributed by atoms with Gasteiger partial charge in [-0.15, -0.1) is 0 Å². The van der Waals surface area contributed by atoms with E-state index in [0.717, 1.165) is 32.5 Å². The largest absolute Gasteiger partial charge is 0.330 e. The minimum absolute atomic E-state index is 0.0576. The van der Waals surface area contributed by atoms with Gasteiger partial charge in [0.1, 0.15) is 5.82 Å². The second-order valence-electron chi connectivity index (χ2n) is 5.01. The van der Waals surface area contributed by atoms with Gasteiger partial charge in [-0.3, -0.25) is 9.69 Å². The highest BCUT2D eigenvalue weighted by atomic mass is 19.1. The highest BCUT2D eigenvalue weighted by Crippen LogP contribution is 2.15. The van der Waals surface area contributed by atoms with Crippen LogP contribution in [-0.2, 0) is 4.79 Å². The Kier molecular flexibility index (Phi) is 4.87. The van der Waals surface area contributed by atoms with Crippen LogP contribution in [0.25, 0.3) is 0 Å². The molecule has 19 heavy (non-hydrogen) atoms. The van der Waals surface area contributed by atoms with E-state index in [-0.39, 0.29) is 11.7 Å². The van der Waals surface area contributed by atoms with Crippen molar-refractivity contribution >= 4 is 11.6 Å². The van der Waals surface area contributed by atoms with Crippen LogP contribution in [-0.4, -0.2) is 37.0 Å². The van der Waals surface area contributed by atoms with Crippen molar-refractivity contribution in [2.75, 3.05) is 31.5 Å². The van der Waals surface area contributed by atoms with Crippen molar-refractivity contribution < 1.29 is 9.18 Å². The molecule has 0 atom stereocenters. The number of halogens is 1. The van der Waals surface area contributed by atoms with Gasteiger partial charge in [0.25, 0.3) is 0 Å². The average molecular weight is 265 g/mol. The summed E-state index contributed by atoms with van der Waals surface area (Å²) in [5.74, 6) is 0.232. The molecule has 0 radical (unpaired) electrons. The molecule has 1 aromatic rings. The lowest BCUT2D eigenvalue weighted by Crippen LogP contribution is -2.40. The summed E-state index contributed by atoms with van der Waals surface area (Å²) in [6.07, 6.45) is 2.11. The van der Waals surface area contributed by atoms with Crippen LogP contribution in [0.3, 0.4) is 0 Å². The van der Waals surface area contributed by atoms with Crippen molar-refractivity contribution in [2.24, 2.45) is 11.7 Å². The summed E-state index contributed by atoms with van der Waals surface area (Å²) in [6.45, 7) is 2.95. The van der Waals surface area contributed by atoms with Crippen LogP contribution in [0.4, 0.5) is 10.1 Å². The fourth-order valence-corrected chi connectivity index (χ4v) is 2.32. The zero-order valence-corrected chi connectivity index (χ0v) is 10.9. The number of hydrogen-bond acceptors (Lipinski definition) is 3. The smallest absolute Gasteiger partial charge is 0.238 e. The predicted molar refractivity (Wildman–Crippen MR) is 73.2 cm³/mol. The number of nitrogens with two attached hydrogens (primary N) is 1. The molecule has 5 heteroatoms. The number of carbonyl (C=O) groups is 1. The summed E-state index contributed by atoms with van der Waals surface area (Å²) in [5, 5.41) is 2.77. The van der Waals surface area contributed by atoms with Gasteiger partial charge in [-0.2, -0.15) is 0 Å². The van der Waals surface area contributed by atoms with Crippen molar-refractivity contribution in [3.05, 3.63) is 30.1 Å². The SMILES string of the molecule is NCC1CCN(CC(=O)Nc2ccc(F)cc2)CC1. The standard InChI is InChI=1S/C14H20FN3O/c15-12-1-3-13(4-2-12)17-14(19)10-18-7-5-11(9-16)6-8-18/h1-4,11H,5-10,16H2,(H,17,19). The van der Waals surface area contributed by atoms with Crippen LogP contribution in [0.2, 0.25) is 0 Å². The minimum atomic E-state index is -0.304. The third kappa shape index (κ3) is 4.29. The van der Waals surface area contributed by atoms with Gasteiger partial charge in [0.2, 0.25) is 5.91 Å². The Hall–Kier alpha value is -1.46. The van der Waals surface area contributed by atoms with Gasteiger partial charge in [0.15, 0.2) is 0 Å². The van der Waals surface area contributed by atoms with Crippen LogP contribution in [0.15, 0.2) is 24.3 Å². The first kappa shape index (κ1) is 14.0. The number of benzene rings is 1. The lowest BCUT2D eigenvalue weighted by Gasteiger charge is -2.30. The maximum Gasteiger partial charge on any atom is 0.238 e. The van der Waals surface area contributed by atoms with E-state index in [1.807, 2.05) is 0 Å². The molecule has 2 rings (SSSR count). The Morgan fingerprint density at radius 3 is 2.53 bits per heavy atom. The topological polar surface area (TPSA) is 58.4 Å². The monoisotopic (exact) mass is 265 g/mol. The number of nitrogens with one attached hydrogen (secondary N) is 1. The molecule has 0 aliphatic carbocycles. The van der Waals surface area contributed by atoms with Crippen molar-refractivity contribution in [1.29, 1.82) is 0 Å². The van der Waals surface area contributed by atoms with Crippen molar-refractivity contribution in [2.45, 2.75) is 12.8 Å². The summed E-state index contributed by atoms with van der Waals surface area (Å²) >= 11 is 0. The molecule has 1 aromatic carbocycles. The number of rotatable bonds is 4. The number of amides is 1. The van der Waals surface area contributed by atoms with E-state index in [0.29, 0.717) is 18.2 Å². The molecule has 3 N–H and O–H groups in total. The van der Waals surface area contributed by atoms with Gasteiger partial charge >= 0.3 is 0 Å². The maximum absolute atomic E-state index is 12.7. The molecule has 1 heterocycles. The second kappa shape index (κ2) is 6.63. The van der Waals surface area contributed by atoms with Crippen molar-refractivity contribution in [3.8, 4) is 0 Å². The molecule has 0 unspecified atom stereocenters. The van der Waals surface area contributed by atoms with Gasteiger partial charge in [-0.25, -0.2) is 4.39 Å². The number of hydrogen-bond donors (Lipinski definition) is 2. The number of carbonyl (C=O) groups excluding carboxylic acids is 1. The maximum atomic E-state index is 12.7. The highest BCUT2D eigenvalue weighted by molar-refractivity contribution is 5.92. The quantitative estimate of drug-likeness (QED) is 0.866. The van der Waals surface area contributed by atoms with Gasteiger partial charge in [0, 0.05) is 5.69 Å². The zero-order chi connectivity index (χ0) is 13.7. The summed E-state index contributed by atoms with van der Waals surface area (Å²) in [6, 6.07) is 5.80. The number of piperidine rings is 1. The third-order valence-corrected chi connectivity index (χ3v) is 3.54. The van der Waals surface area contributed by atoms with E-state index >= 15 is 0 Å². The Bertz CT molecular complexity index is 413. The van der Waals surface area contributed by atoms with E-state index in [2.05, 4.69) is 10.2 Å². The summed E-state index contributed by atoms with van der Waals surface area (Å²) in [5.41, 5.74) is 6.26. The predicted octanol–water partition coefficient (Wildman–Crippen LogP) is 1.43. The van der Waals surface area contributed by atoms with Crippen LogP contribution in [0.5, 0.6) is 0 Å². The molecule has 1 fully saturated rings. The number of anilines is 1. The molecule has 0 aromatic heterocycles. The first-order chi connectivity index (χ1) is 9.17. The summed E-state index contributed by atoms with van der Waals surface area (Å²) in [7, 11) is 0. The van der Waals surface area contributed by atoms with Crippen LogP contribution >= 0.6 is 0 Å². The van der Waals surface area contributed by atoms with E-state index in [4.69, 9.17) is 5.73 Å². The molecule has 4 nitrogen and oxygen atoms in total. The molecule has 1 aliphatic heterocycles. The second-order valence-corrected chi connectivity index (χ2v) is 5.01. The molecule has 0 spiro atoms. The van der Waals surface area contributed by atoms with Crippen LogP contribution < -0.4 is 11.1 Å². The normalized spacial score (nSPS) is 17.4. The van der Waals surface area contributed by atoms with Crippen LogP contribution in [0.1, 0.15) is 12.8 Å². The Morgan fingerprint density at radius 2 is 1.95 bits per heavy atom. The van der Waals surface area contributed by atoms with Gasteiger partial charge < -0.3 is 11.1 Å². The number of nitrogens with zero attached hydrogens (tertiary/aromatic N) is 1. The molecule has 0 saturated carbocycles. The van der Waals surface area contributed by atoms with E-state index < -0.39 is 0 Å². The molecular formula is C14H20FN3O. The van der Waals surface area contributed by atoms with E-state index in [1.165, 1.54) is 12.1 Å².